The van der Waals surface area contributed by atoms with Gasteiger partial charge in [-0.3, -0.25) is 14.9 Å². The largest absolute Gasteiger partial charge is 0.379 e. The summed E-state index contributed by atoms with van der Waals surface area (Å²) in [5, 5.41) is 5.47. The number of amides is 2. The Morgan fingerprint density at radius 2 is 1.71 bits per heavy atom. The summed E-state index contributed by atoms with van der Waals surface area (Å²) in [6, 6.07) is 9.25. The summed E-state index contributed by atoms with van der Waals surface area (Å²) in [5.41, 5.74) is 1.56. The number of nitrogens with one attached hydrogen (secondary N) is 2. The third kappa shape index (κ3) is 3.49. The zero-order chi connectivity index (χ0) is 15.2. The lowest BCUT2D eigenvalue weighted by Crippen LogP contribution is -2.34. The van der Waals surface area contributed by atoms with E-state index in [9.17, 15) is 9.59 Å². The summed E-state index contributed by atoms with van der Waals surface area (Å²) >= 11 is 0. The van der Waals surface area contributed by atoms with Gasteiger partial charge >= 0.3 is 0 Å². The number of carbonyl (C=O) groups excluding carboxylic acids is 2. The first-order chi connectivity index (χ1) is 10.2. The number of hydrogen-bond donors (Lipinski definition) is 2. The number of carbonyl (C=O) groups is 2. The van der Waals surface area contributed by atoms with Gasteiger partial charge in [-0.25, -0.2) is 0 Å². The molecule has 5 heteroatoms. The Morgan fingerprint density at radius 1 is 1.05 bits per heavy atom. The molecule has 0 aliphatic carbocycles. The number of nitrogens with zero attached hydrogens (tertiary/aromatic N) is 1. The molecule has 1 aliphatic heterocycles. The molecule has 2 N–H and O–H groups in total. The number of likely N-dealkylation sites (N-methyl/N-ethyl adjacent to an activating group) is 1. The highest BCUT2D eigenvalue weighted by Crippen LogP contribution is 2.21. The van der Waals surface area contributed by atoms with Crippen molar-refractivity contribution >= 4 is 17.4 Å². The highest BCUT2D eigenvalue weighted by molar-refractivity contribution is 6.35. The van der Waals surface area contributed by atoms with Crippen molar-refractivity contribution in [3.63, 3.8) is 0 Å². The molecule has 2 amide bonds. The average molecular weight is 287 g/mol. The molecule has 0 fully saturated rings. The molecule has 0 unspecified atom stereocenters. The van der Waals surface area contributed by atoms with Crippen LogP contribution in [0.4, 0.5) is 0 Å². The quantitative estimate of drug-likeness (QED) is 0.734. The van der Waals surface area contributed by atoms with Gasteiger partial charge in [0, 0.05) is 13.1 Å². The number of rotatable bonds is 7. The third-order valence-corrected chi connectivity index (χ3v) is 3.62. The van der Waals surface area contributed by atoms with E-state index in [1.807, 2.05) is 30.3 Å². The molecule has 1 aliphatic rings. The van der Waals surface area contributed by atoms with E-state index in [2.05, 4.69) is 29.4 Å². The van der Waals surface area contributed by atoms with Gasteiger partial charge in [0.25, 0.3) is 11.8 Å². The minimum atomic E-state index is -0.349. The highest BCUT2D eigenvalue weighted by atomic mass is 16.2. The molecular formula is C16H21N3O2. The molecule has 1 aromatic rings. The van der Waals surface area contributed by atoms with Gasteiger partial charge in [-0.05, 0) is 18.7 Å². The van der Waals surface area contributed by atoms with Crippen molar-refractivity contribution in [1.29, 1.82) is 0 Å². The highest BCUT2D eigenvalue weighted by Gasteiger charge is 2.30. The van der Waals surface area contributed by atoms with Crippen LogP contribution in [-0.4, -0.2) is 42.9 Å². The number of benzene rings is 1. The van der Waals surface area contributed by atoms with E-state index in [1.165, 1.54) is 0 Å². The van der Waals surface area contributed by atoms with Gasteiger partial charge in [-0.15, -0.1) is 0 Å². The van der Waals surface area contributed by atoms with Crippen molar-refractivity contribution in [2.75, 3.05) is 26.2 Å². The normalized spacial score (nSPS) is 14.8. The van der Waals surface area contributed by atoms with E-state index in [1.54, 1.807) is 0 Å². The summed E-state index contributed by atoms with van der Waals surface area (Å²) in [7, 11) is 0. The van der Waals surface area contributed by atoms with Crippen LogP contribution in [-0.2, 0) is 9.59 Å². The molecule has 0 aromatic heterocycles. The summed E-state index contributed by atoms with van der Waals surface area (Å²) in [5.74, 6) is -0.685. The lowest BCUT2D eigenvalue weighted by atomic mass is 10.1. The maximum Gasteiger partial charge on any atom is 0.275 e. The standard InChI is InChI=1S/C16H21N3O2/c1-3-19(4-2)11-10-17-14-13(15(20)18-16(14)21)12-8-6-5-7-9-12/h5-9H,3-4,10-11H2,1-2H3,(H2,17,18,20,21). The Morgan fingerprint density at radius 3 is 2.33 bits per heavy atom. The first-order valence-corrected chi connectivity index (χ1v) is 7.29. The van der Waals surface area contributed by atoms with E-state index in [0.717, 1.165) is 25.2 Å². The molecule has 0 spiro atoms. The van der Waals surface area contributed by atoms with Crippen molar-refractivity contribution in [2.45, 2.75) is 13.8 Å². The van der Waals surface area contributed by atoms with Gasteiger partial charge in [0.05, 0.1) is 5.57 Å². The second kappa shape index (κ2) is 7.04. The first-order valence-electron chi connectivity index (χ1n) is 7.29. The van der Waals surface area contributed by atoms with E-state index in [-0.39, 0.29) is 11.8 Å². The van der Waals surface area contributed by atoms with Crippen molar-refractivity contribution in [3.05, 3.63) is 41.6 Å². The molecule has 0 bridgehead atoms. The van der Waals surface area contributed by atoms with Crippen molar-refractivity contribution in [3.8, 4) is 0 Å². The third-order valence-electron chi connectivity index (χ3n) is 3.62. The Labute approximate surface area is 125 Å². The molecular weight excluding hydrogens is 266 g/mol. The summed E-state index contributed by atoms with van der Waals surface area (Å²) in [6.07, 6.45) is 0. The van der Waals surface area contributed by atoms with Crippen LogP contribution in [0.3, 0.4) is 0 Å². The smallest absolute Gasteiger partial charge is 0.275 e. The van der Waals surface area contributed by atoms with Crippen molar-refractivity contribution in [2.24, 2.45) is 0 Å². The summed E-state index contributed by atoms with van der Waals surface area (Å²) in [6.45, 7) is 7.60. The van der Waals surface area contributed by atoms with Crippen LogP contribution >= 0.6 is 0 Å². The predicted molar refractivity (Wildman–Crippen MR) is 82.3 cm³/mol. The second-order valence-electron chi connectivity index (χ2n) is 4.85. The lowest BCUT2D eigenvalue weighted by molar-refractivity contribution is -0.123. The molecule has 5 nitrogen and oxygen atoms in total. The van der Waals surface area contributed by atoms with E-state index in [0.29, 0.717) is 17.8 Å². The fourth-order valence-electron chi connectivity index (χ4n) is 2.38. The van der Waals surface area contributed by atoms with E-state index in [4.69, 9.17) is 0 Å². The molecule has 0 saturated carbocycles. The molecule has 0 atom stereocenters. The Kier molecular flexibility index (Phi) is 5.11. The molecule has 1 aromatic carbocycles. The maximum atomic E-state index is 12.0. The fourth-order valence-corrected chi connectivity index (χ4v) is 2.38. The summed E-state index contributed by atoms with van der Waals surface area (Å²) < 4.78 is 0. The number of imide groups is 1. The Balaban J connectivity index is 2.15. The van der Waals surface area contributed by atoms with Crippen LogP contribution in [0.1, 0.15) is 19.4 Å². The van der Waals surface area contributed by atoms with Gasteiger partial charge in [0.15, 0.2) is 0 Å². The average Bonchev–Trinajstić information content (AvgIpc) is 2.78. The van der Waals surface area contributed by atoms with Gasteiger partial charge in [0.1, 0.15) is 5.70 Å². The predicted octanol–water partition coefficient (Wildman–Crippen LogP) is 0.985. The number of hydrogen-bond acceptors (Lipinski definition) is 4. The van der Waals surface area contributed by atoms with E-state index < -0.39 is 0 Å². The molecule has 0 radical (unpaired) electrons. The van der Waals surface area contributed by atoms with Crippen LogP contribution in [0.2, 0.25) is 0 Å². The Hall–Kier alpha value is -2.14. The van der Waals surface area contributed by atoms with Crippen LogP contribution in [0.5, 0.6) is 0 Å². The van der Waals surface area contributed by atoms with E-state index >= 15 is 0 Å². The Bertz CT molecular complexity index is 548. The molecule has 112 valence electrons. The lowest BCUT2D eigenvalue weighted by Gasteiger charge is -2.18. The fraction of sp³-hybridized carbons (Fsp3) is 0.375. The minimum Gasteiger partial charge on any atom is -0.379 e. The second-order valence-corrected chi connectivity index (χ2v) is 4.85. The first kappa shape index (κ1) is 15.3. The topological polar surface area (TPSA) is 61.4 Å². The van der Waals surface area contributed by atoms with Gasteiger partial charge in [-0.2, -0.15) is 0 Å². The van der Waals surface area contributed by atoms with Crippen LogP contribution in [0, 0.1) is 0 Å². The van der Waals surface area contributed by atoms with Crippen LogP contribution in [0.25, 0.3) is 5.57 Å². The van der Waals surface area contributed by atoms with Gasteiger partial charge < -0.3 is 10.2 Å². The van der Waals surface area contributed by atoms with Crippen molar-refractivity contribution in [1.82, 2.24) is 15.5 Å². The SMILES string of the molecule is CCN(CC)CCNC1=C(c2ccccc2)C(=O)NC1=O. The minimum absolute atomic E-state index is 0.337. The van der Waals surface area contributed by atoms with Gasteiger partial charge in [-0.1, -0.05) is 44.2 Å². The van der Waals surface area contributed by atoms with Crippen LogP contribution in [0.15, 0.2) is 36.0 Å². The maximum absolute atomic E-state index is 12.0. The van der Waals surface area contributed by atoms with Crippen LogP contribution < -0.4 is 10.6 Å². The molecule has 0 saturated heterocycles. The zero-order valence-corrected chi connectivity index (χ0v) is 12.5. The molecule has 1 heterocycles. The van der Waals surface area contributed by atoms with Crippen molar-refractivity contribution < 1.29 is 9.59 Å². The zero-order valence-electron chi connectivity index (χ0n) is 12.5. The molecule has 2 rings (SSSR count). The monoisotopic (exact) mass is 287 g/mol. The molecule has 21 heavy (non-hydrogen) atoms. The summed E-state index contributed by atoms with van der Waals surface area (Å²) in [4.78, 5) is 26.1. The van der Waals surface area contributed by atoms with Gasteiger partial charge in [0.2, 0.25) is 0 Å².